The van der Waals surface area contributed by atoms with Crippen LogP contribution < -0.4 is 0 Å². The molecule has 4 heteroatoms. The van der Waals surface area contributed by atoms with Crippen LogP contribution in [0.5, 0.6) is 0 Å². The summed E-state index contributed by atoms with van der Waals surface area (Å²) < 4.78 is 0. The van der Waals surface area contributed by atoms with E-state index in [1.165, 1.54) is 51.4 Å². The molecule has 21 heavy (non-hydrogen) atoms. The molecule has 1 amide bonds. The first-order chi connectivity index (χ1) is 10.3. The van der Waals surface area contributed by atoms with Gasteiger partial charge >= 0.3 is 0 Å². The number of likely N-dealkylation sites (tertiary alicyclic amines) is 1. The Morgan fingerprint density at radius 1 is 1.19 bits per heavy atom. The van der Waals surface area contributed by atoms with Gasteiger partial charge in [-0.05, 0) is 37.5 Å². The van der Waals surface area contributed by atoms with Gasteiger partial charge in [0.1, 0.15) is 0 Å². The smallest absolute Gasteiger partial charge is 0.222 e. The summed E-state index contributed by atoms with van der Waals surface area (Å²) in [5.41, 5.74) is 3.36. The third kappa shape index (κ3) is 3.85. The fraction of sp³-hybridized carbons (Fsp3) is 0.765. The number of hydrogen-bond acceptors (Lipinski definition) is 3. The highest BCUT2D eigenvalue weighted by Gasteiger charge is 2.36. The van der Waals surface area contributed by atoms with Crippen molar-refractivity contribution in [2.75, 3.05) is 13.1 Å². The maximum absolute atomic E-state index is 12.5. The molecule has 2 heterocycles. The van der Waals surface area contributed by atoms with Gasteiger partial charge in [0, 0.05) is 24.9 Å². The van der Waals surface area contributed by atoms with Gasteiger partial charge in [-0.3, -0.25) is 4.79 Å². The Morgan fingerprint density at radius 3 is 2.67 bits per heavy atom. The second-order valence-corrected chi connectivity index (χ2v) is 7.53. The van der Waals surface area contributed by atoms with Crippen molar-refractivity contribution in [1.82, 2.24) is 9.88 Å². The summed E-state index contributed by atoms with van der Waals surface area (Å²) in [6, 6.07) is 0. The molecule has 1 aromatic heterocycles. The maximum Gasteiger partial charge on any atom is 0.222 e. The van der Waals surface area contributed by atoms with Crippen LogP contribution in [0.3, 0.4) is 0 Å². The normalized spacial score (nSPS) is 22.2. The topological polar surface area (TPSA) is 33.2 Å². The van der Waals surface area contributed by atoms with E-state index >= 15 is 0 Å². The van der Waals surface area contributed by atoms with Crippen molar-refractivity contribution in [3.8, 4) is 0 Å². The Balaban J connectivity index is 1.55. The third-order valence-electron chi connectivity index (χ3n) is 5.26. The minimum Gasteiger partial charge on any atom is -0.342 e. The Hall–Kier alpha value is -0.900. The number of carbonyl (C=O) groups is 1. The number of hydrogen-bond donors (Lipinski definition) is 0. The zero-order valence-corrected chi connectivity index (χ0v) is 13.7. The van der Waals surface area contributed by atoms with Crippen LogP contribution in [-0.2, 0) is 11.2 Å². The van der Waals surface area contributed by atoms with Gasteiger partial charge in [0.05, 0.1) is 11.2 Å². The third-order valence-corrected chi connectivity index (χ3v) is 5.89. The standard InChI is InChI=1S/C17H26N2OS/c20-16(7-6-15-12-21-14-18-15)19-11-5-10-17(13-19)8-3-1-2-4-9-17/h12,14H,1-11,13H2. The van der Waals surface area contributed by atoms with Gasteiger partial charge in [0.2, 0.25) is 5.91 Å². The molecular formula is C17H26N2OS. The van der Waals surface area contributed by atoms with E-state index in [9.17, 15) is 4.79 Å². The number of aromatic nitrogens is 1. The van der Waals surface area contributed by atoms with Crippen LogP contribution in [0.1, 0.15) is 63.5 Å². The molecule has 1 saturated heterocycles. The Kier molecular flexibility index (Phi) is 4.94. The lowest BCUT2D eigenvalue weighted by Crippen LogP contribution is -2.46. The molecule has 2 fully saturated rings. The van der Waals surface area contributed by atoms with E-state index < -0.39 is 0 Å². The number of carbonyl (C=O) groups excluding carboxylic acids is 1. The molecule has 1 aliphatic carbocycles. The minimum absolute atomic E-state index is 0.339. The minimum atomic E-state index is 0.339. The molecule has 0 unspecified atom stereocenters. The van der Waals surface area contributed by atoms with E-state index in [-0.39, 0.29) is 0 Å². The van der Waals surface area contributed by atoms with Gasteiger partial charge in [-0.25, -0.2) is 4.98 Å². The lowest BCUT2D eigenvalue weighted by Gasteiger charge is -2.43. The van der Waals surface area contributed by atoms with Gasteiger partial charge in [0.15, 0.2) is 0 Å². The first-order valence-corrected chi connectivity index (χ1v) is 9.37. The van der Waals surface area contributed by atoms with Gasteiger partial charge in [-0.2, -0.15) is 0 Å². The highest BCUT2D eigenvalue weighted by Crippen LogP contribution is 2.42. The molecule has 2 aliphatic rings. The van der Waals surface area contributed by atoms with E-state index in [1.807, 2.05) is 5.51 Å². The SMILES string of the molecule is O=C(CCc1cscn1)N1CCCC2(CCCCCC2)C1. The molecule has 3 rings (SSSR count). The molecule has 116 valence electrons. The number of piperidine rings is 1. The zero-order chi connectivity index (χ0) is 14.5. The highest BCUT2D eigenvalue weighted by atomic mass is 32.1. The average Bonchev–Trinajstić information content (AvgIpc) is 2.93. The molecule has 0 N–H and O–H groups in total. The van der Waals surface area contributed by atoms with E-state index in [0.717, 1.165) is 25.2 Å². The first kappa shape index (κ1) is 15.0. The summed E-state index contributed by atoms with van der Waals surface area (Å²) in [4.78, 5) is 18.9. The molecule has 1 spiro atoms. The molecule has 0 bridgehead atoms. The quantitative estimate of drug-likeness (QED) is 0.844. The number of rotatable bonds is 3. The van der Waals surface area contributed by atoms with Crippen molar-refractivity contribution in [3.05, 3.63) is 16.6 Å². The van der Waals surface area contributed by atoms with Gasteiger partial charge in [-0.1, -0.05) is 25.7 Å². The van der Waals surface area contributed by atoms with E-state index in [4.69, 9.17) is 0 Å². The molecule has 3 nitrogen and oxygen atoms in total. The monoisotopic (exact) mass is 306 g/mol. The van der Waals surface area contributed by atoms with Crippen LogP contribution in [0.15, 0.2) is 10.9 Å². The zero-order valence-electron chi connectivity index (χ0n) is 12.9. The first-order valence-electron chi connectivity index (χ1n) is 8.42. The van der Waals surface area contributed by atoms with Gasteiger partial charge in [-0.15, -0.1) is 11.3 Å². The van der Waals surface area contributed by atoms with Gasteiger partial charge in [0.25, 0.3) is 0 Å². The lowest BCUT2D eigenvalue weighted by atomic mass is 9.74. The Bertz CT molecular complexity index is 449. The van der Waals surface area contributed by atoms with Crippen LogP contribution in [0.4, 0.5) is 0 Å². The largest absolute Gasteiger partial charge is 0.342 e. The van der Waals surface area contributed by atoms with Crippen LogP contribution in [0, 0.1) is 5.41 Å². The lowest BCUT2D eigenvalue weighted by molar-refractivity contribution is -0.135. The van der Waals surface area contributed by atoms with E-state index in [0.29, 0.717) is 17.7 Å². The van der Waals surface area contributed by atoms with Gasteiger partial charge < -0.3 is 4.90 Å². The molecular weight excluding hydrogens is 280 g/mol. The van der Waals surface area contributed by atoms with E-state index in [2.05, 4.69) is 15.3 Å². The summed E-state index contributed by atoms with van der Waals surface area (Å²) in [5, 5.41) is 2.05. The van der Waals surface area contributed by atoms with E-state index in [1.54, 1.807) is 11.3 Å². The number of thiazole rings is 1. The summed E-state index contributed by atoms with van der Waals surface area (Å²) in [7, 11) is 0. The average molecular weight is 306 g/mol. The molecule has 1 saturated carbocycles. The van der Waals surface area contributed by atoms with Crippen molar-refractivity contribution in [2.45, 2.75) is 64.2 Å². The number of amides is 1. The van der Waals surface area contributed by atoms with Crippen molar-refractivity contribution < 1.29 is 4.79 Å². The second kappa shape index (κ2) is 6.91. The Morgan fingerprint density at radius 2 is 1.95 bits per heavy atom. The van der Waals surface area contributed by atoms with Crippen molar-refractivity contribution in [1.29, 1.82) is 0 Å². The Labute approximate surface area is 131 Å². The van der Waals surface area contributed by atoms with Crippen LogP contribution in [0.2, 0.25) is 0 Å². The number of nitrogens with zero attached hydrogens (tertiary/aromatic N) is 2. The fourth-order valence-electron chi connectivity index (χ4n) is 4.06. The molecule has 0 atom stereocenters. The molecule has 1 aliphatic heterocycles. The van der Waals surface area contributed by atoms with Crippen molar-refractivity contribution in [3.63, 3.8) is 0 Å². The fourth-order valence-corrected chi connectivity index (χ4v) is 4.65. The van der Waals surface area contributed by atoms with Crippen LogP contribution in [-0.4, -0.2) is 28.9 Å². The van der Waals surface area contributed by atoms with Crippen molar-refractivity contribution >= 4 is 17.2 Å². The predicted octanol–water partition coefficient (Wildman–Crippen LogP) is 4.04. The van der Waals surface area contributed by atoms with Crippen LogP contribution in [0.25, 0.3) is 0 Å². The van der Waals surface area contributed by atoms with Crippen molar-refractivity contribution in [2.24, 2.45) is 5.41 Å². The molecule has 0 radical (unpaired) electrons. The summed E-state index contributed by atoms with van der Waals surface area (Å²) >= 11 is 1.61. The summed E-state index contributed by atoms with van der Waals surface area (Å²) in [6.07, 6.45) is 12.1. The number of aryl methyl sites for hydroxylation is 1. The maximum atomic E-state index is 12.5. The second-order valence-electron chi connectivity index (χ2n) is 6.81. The predicted molar refractivity (Wildman–Crippen MR) is 86.4 cm³/mol. The van der Waals surface area contributed by atoms with Crippen LogP contribution >= 0.6 is 11.3 Å². The molecule has 0 aromatic carbocycles. The summed E-state index contributed by atoms with van der Waals surface area (Å²) in [5.74, 6) is 0.339. The summed E-state index contributed by atoms with van der Waals surface area (Å²) in [6.45, 7) is 1.99. The molecule has 1 aromatic rings. The highest BCUT2D eigenvalue weighted by molar-refractivity contribution is 7.07.